The van der Waals surface area contributed by atoms with Crippen LogP contribution in [0.3, 0.4) is 0 Å². The number of aryl methyl sites for hydroxylation is 1. The molecule has 0 amide bonds. The molecule has 0 aliphatic carbocycles. The van der Waals surface area contributed by atoms with Gasteiger partial charge >= 0.3 is 0 Å². The van der Waals surface area contributed by atoms with Gasteiger partial charge in [-0.1, -0.05) is 23.7 Å². The molecule has 40 heavy (non-hydrogen) atoms. The molecule has 1 spiro atoms. The number of ether oxygens (including phenoxy) is 2. The monoisotopic (exact) mass is 596 g/mol. The second-order valence-electron chi connectivity index (χ2n) is 10.4. The summed E-state index contributed by atoms with van der Waals surface area (Å²) in [7, 11) is 0. The van der Waals surface area contributed by atoms with Gasteiger partial charge in [-0.25, -0.2) is 9.07 Å². The summed E-state index contributed by atoms with van der Waals surface area (Å²) in [5.41, 5.74) is 2.51. The number of nitrogens with zero attached hydrogens (tertiary/aromatic N) is 4. The zero-order valence-corrected chi connectivity index (χ0v) is 23.9. The first-order valence-corrected chi connectivity index (χ1v) is 14.4. The van der Waals surface area contributed by atoms with E-state index in [-0.39, 0.29) is 11.4 Å². The molecule has 0 atom stereocenters. The maximum absolute atomic E-state index is 15.1. The lowest BCUT2D eigenvalue weighted by molar-refractivity contribution is -0.182. The lowest BCUT2D eigenvalue weighted by Gasteiger charge is -2.45. The number of morpholine rings is 1. The molecule has 2 fully saturated rings. The van der Waals surface area contributed by atoms with E-state index in [9.17, 15) is 8.78 Å². The average molecular weight is 597 g/mol. The van der Waals surface area contributed by atoms with Gasteiger partial charge in [0.25, 0.3) is 5.92 Å². The molecule has 1 aromatic carbocycles. The Morgan fingerprint density at radius 2 is 1.75 bits per heavy atom. The summed E-state index contributed by atoms with van der Waals surface area (Å²) >= 11 is 7.34. The molecular formula is C28H32ClF3N4O3S. The molecule has 0 radical (unpaired) electrons. The van der Waals surface area contributed by atoms with Crippen molar-refractivity contribution in [3.8, 4) is 5.69 Å². The lowest BCUT2D eigenvalue weighted by Crippen LogP contribution is -2.48. The van der Waals surface area contributed by atoms with Gasteiger partial charge in [-0.2, -0.15) is 13.9 Å². The quantitative estimate of drug-likeness (QED) is 0.399. The van der Waals surface area contributed by atoms with Gasteiger partial charge in [0.05, 0.1) is 23.2 Å². The molecule has 0 bridgehead atoms. The number of alkyl halides is 2. The number of piperidine rings is 1. The van der Waals surface area contributed by atoms with E-state index in [4.69, 9.17) is 25.9 Å². The molecule has 3 aliphatic rings. The van der Waals surface area contributed by atoms with Gasteiger partial charge in [0.1, 0.15) is 30.5 Å². The van der Waals surface area contributed by atoms with Gasteiger partial charge in [-0.15, -0.1) is 11.3 Å². The van der Waals surface area contributed by atoms with E-state index >= 15 is 4.39 Å². The van der Waals surface area contributed by atoms with E-state index in [0.717, 1.165) is 29.9 Å². The Labute approximate surface area is 240 Å². The third-order valence-corrected chi connectivity index (χ3v) is 9.34. The van der Waals surface area contributed by atoms with Crippen molar-refractivity contribution in [1.82, 2.24) is 19.6 Å². The second-order valence-corrected chi connectivity index (χ2v) is 12.1. The number of aromatic nitrogens is 2. The number of carbonyl (C=O) groups is 1. The zero-order chi connectivity index (χ0) is 28.5. The van der Waals surface area contributed by atoms with Crippen LogP contribution in [0.1, 0.15) is 40.1 Å². The standard InChI is InChI=1S/C27H30ClF3N4O2S.CH2O/c1-18-20(16-35(32-18)24-19(3-2-4-22(24)29)14-34-9-11-36-12-10-34)15-33-7-5-26(6-8-33)25-21(13-23(28)38-25)27(30,31)17-37-26;1-2/h2-4,13,16H,5-12,14-15,17H2,1H3;1H2. The number of rotatable bonds is 5. The first-order valence-electron chi connectivity index (χ1n) is 13.2. The number of likely N-dealkylation sites (tertiary alicyclic amines) is 1. The van der Waals surface area contributed by atoms with Crippen LogP contribution < -0.4 is 0 Å². The highest BCUT2D eigenvalue weighted by Gasteiger charge is 2.51. The summed E-state index contributed by atoms with van der Waals surface area (Å²) in [6.07, 6.45) is 3.13. The molecule has 7 nitrogen and oxygen atoms in total. The molecule has 0 N–H and O–H groups in total. The van der Waals surface area contributed by atoms with Crippen LogP contribution in [-0.4, -0.2) is 72.4 Å². The van der Waals surface area contributed by atoms with Crippen molar-refractivity contribution in [2.45, 2.75) is 44.4 Å². The number of halogens is 4. The highest BCUT2D eigenvalue weighted by Crippen LogP contribution is 2.52. The predicted octanol–water partition coefficient (Wildman–Crippen LogP) is 5.30. The number of fused-ring (bicyclic) bond motifs is 2. The van der Waals surface area contributed by atoms with Crippen LogP contribution >= 0.6 is 22.9 Å². The number of hydrogen-bond donors (Lipinski definition) is 0. The Morgan fingerprint density at radius 3 is 2.48 bits per heavy atom. The van der Waals surface area contributed by atoms with Crippen molar-refractivity contribution in [3.05, 3.63) is 67.9 Å². The number of thiophene rings is 1. The summed E-state index contributed by atoms with van der Waals surface area (Å²) in [5.74, 6) is -3.32. The molecular weight excluding hydrogens is 565 g/mol. The maximum Gasteiger partial charge on any atom is 0.297 e. The van der Waals surface area contributed by atoms with Crippen molar-refractivity contribution in [2.75, 3.05) is 46.0 Å². The molecule has 0 unspecified atom stereocenters. The van der Waals surface area contributed by atoms with Gasteiger partial charge in [-0.3, -0.25) is 9.80 Å². The fourth-order valence-electron chi connectivity index (χ4n) is 5.74. The van der Waals surface area contributed by atoms with E-state index in [0.29, 0.717) is 67.1 Å². The Hall–Kier alpha value is -2.28. The lowest BCUT2D eigenvalue weighted by atomic mass is 9.84. The second kappa shape index (κ2) is 11.9. The van der Waals surface area contributed by atoms with Crippen molar-refractivity contribution >= 4 is 29.7 Å². The van der Waals surface area contributed by atoms with Crippen LogP contribution in [0, 0.1) is 12.7 Å². The fourth-order valence-corrected chi connectivity index (χ4v) is 7.22. The predicted molar refractivity (Wildman–Crippen MR) is 147 cm³/mol. The van der Waals surface area contributed by atoms with Crippen LogP contribution in [0.2, 0.25) is 4.34 Å². The topological polar surface area (TPSA) is 59.8 Å². The summed E-state index contributed by atoms with van der Waals surface area (Å²) in [4.78, 5) is 13.1. The van der Waals surface area contributed by atoms with Crippen LogP contribution in [0.25, 0.3) is 5.69 Å². The first kappa shape index (κ1) is 29.2. The van der Waals surface area contributed by atoms with Crippen molar-refractivity contribution < 1.29 is 27.4 Å². The highest BCUT2D eigenvalue weighted by molar-refractivity contribution is 7.16. The minimum atomic E-state index is -3.01. The van der Waals surface area contributed by atoms with Gasteiger partial charge in [0.2, 0.25) is 0 Å². The van der Waals surface area contributed by atoms with E-state index in [1.807, 2.05) is 26.0 Å². The van der Waals surface area contributed by atoms with Gasteiger partial charge in [0.15, 0.2) is 0 Å². The number of benzene rings is 1. The van der Waals surface area contributed by atoms with Crippen LogP contribution in [0.4, 0.5) is 13.2 Å². The van der Waals surface area contributed by atoms with Crippen LogP contribution in [0.5, 0.6) is 0 Å². The number of carbonyl (C=O) groups excluding carboxylic acids is 1. The van der Waals surface area contributed by atoms with E-state index in [2.05, 4.69) is 14.9 Å². The molecule has 3 aliphatic heterocycles. The zero-order valence-electron chi connectivity index (χ0n) is 22.3. The number of hydrogen-bond acceptors (Lipinski definition) is 7. The largest absolute Gasteiger partial charge is 0.379 e. The number of para-hydroxylation sites is 1. The third kappa shape index (κ3) is 5.73. The molecule has 0 saturated carbocycles. The van der Waals surface area contributed by atoms with Crippen LogP contribution in [0.15, 0.2) is 30.5 Å². The third-order valence-electron chi connectivity index (χ3n) is 7.89. The van der Waals surface area contributed by atoms with Crippen molar-refractivity contribution in [2.24, 2.45) is 0 Å². The Morgan fingerprint density at radius 1 is 1.07 bits per heavy atom. The minimum absolute atomic E-state index is 0.0158. The van der Waals surface area contributed by atoms with Crippen molar-refractivity contribution in [3.63, 3.8) is 0 Å². The Kier molecular flexibility index (Phi) is 8.70. The average Bonchev–Trinajstić information content (AvgIpc) is 3.53. The molecule has 6 rings (SSSR count). The Balaban J connectivity index is 0.00000158. The molecule has 5 heterocycles. The molecule has 216 valence electrons. The van der Waals surface area contributed by atoms with E-state index < -0.39 is 18.1 Å². The summed E-state index contributed by atoms with van der Waals surface area (Å²) in [6, 6.07) is 6.56. The van der Waals surface area contributed by atoms with Crippen LogP contribution in [-0.2, 0) is 38.9 Å². The minimum Gasteiger partial charge on any atom is -0.379 e. The molecule has 2 aromatic heterocycles. The highest BCUT2D eigenvalue weighted by atomic mass is 35.5. The van der Waals surface area contributed by atoms with Crippen molar-refractivity contribution in [1.29, 1.82) is 0 Å². The molecule has 2 saturated heterocycles. The molecule has 12 heteroatoms. The van der Waals surface area contributed by atoms with Gasteiger partial charge in [0, 0.05) is 61.5 Å². The normalized spacial score (nSPS) is 20.6. The Bertz CT molecular complexity index is 1340. The maximum atomic E-state index is 15.1. The first-order chi connectivity index (χ1) is 19.2. The summed E-state index contributed by atoms with van der Waals surface area (Å²) in [6.45, 7) is 8.96. The van der Waals surface area contributed by atoms with E-state index in [1.54, 1.807) is 10.7 Å². The SMILES string of the molecule is C=O.Cc1nn(-c2c(F)cccc2CN2CCOCC2)cc1CN1CCC2(CC1)OCC(F)(F)c1cc(Cl)sc12. The fraction of sp³-hybridized carbons (Fsp3) is 0.500. The summed E-state index contributed by atoms with van der Waals surface area (Å²) < 4.78 is 57.3. The molecule has 3 aromatic rings. The van der Waals surface area contributed by atoms with Gasteiger partial charge in [-0.05, 0) is 37.5 Å². The smallest absolute Gasteiger partial charge is 0.297 e. The van der Waals surface area contributed by atoms with E-state index in [1.165, 1.54) is 23.5 Å². The van der Waals surface area contributed by atoms with Gasteiger partial charge < -0.3 is 14.3 Å². The summed E-state index contributed by atoms with van der Waals surface area (Å²) in [5, 5.41) is 4.68.